The molecule has 2 rings (SSSR count). The standard InChI is InChI=1S/C14H15N3O/c1-10-4-2-3-5-11(10)8-14(18)17-13-9-12(15)6-7-16-13/h2-7,9H,8H2,1H3,(H3,15,16,17,18). The molecule has 18 heavy (non-hydrogen) atoms. The monoisotopic (exact) mass is 241 g/mol. The van der Waals surface area contributed by atoms with E-state index < -0.39 is 0 Å². The molecular weight excluding hydrogens is 226 g/mol. The summed E-state index contributed by atoms with van der Waals surface area (Å²) in [4.78, 5) is 15.9. The zero-order valence-corrected chi connectivity index (χ0v) is 10.2. The molecule has 0 saturated heterocycles. The van der Waals surface area contributed by atoms with Crippen LogP contribution in [0.4, 0.5) is 11.5 Å². The fourth-order valence-corrected chi connectivity index (χ4v) is 1.68. The molecular formula is C14H15N3O. The minimum absolute atomic E-state index is 0.0950. The molecule has 0 bridgehead atoms. The lowest BCUT2D eigenvalue weighted by Crippen LogP contribution is -2.15. The summed E-state index contributed by atoms with van der Waals surface area (Å²) in [6, 6.07) is 11.1. The van der Waals surface area contributed by atoms with Gasteiger partial charge in [-0.1, -0.05) is 24.3 Å². The number of amides is 1. The molecule has 0 radical (unpaired) electrons. The number of nitrogens with zero attached hydrogens (tertiary/aromatic N) is 1. The number of nitrogens with two attached hydrogens (primary N) is 1. The van der Waals surface area contributed by atoms with Gasteiger partial charge in [-0.3, -0.25) is 4.79 Å². The van der Waals surface area contributed by atoms with E-state index in [-0.39, 0.29) is 5.91 Å². The molecule has 92 valence electrons. The Kier molecular flexibility index (Phi) is 3.57. The number of pyridine rings is 1. The van der Waals surface area contributed by atoms with Crippen molar-refractivity contribution < 1.29 is 4.79 Å². The SMILES string of the molecule is Cc1ccccc1CC(=O)Nc1cc(N)ccn1. The number of nitrogen functional groups attached to an aromatic ring is 1. The molecule has 0 aliphatic heterocycles. The summed E-state index contributed by atoms with van der Waals surface area (Å²) >= 11 is 0. The molecule has 1 aromatic carbocycles. The molecule has 0 atom stereocenters. The van der Waals surface area contributed by atoms with Gasteiger partial charge in [0.25, 0.3) is 0 Å². The summed E-state index contributed by atoms with van der Waals surface area (Å²) in [6.45, 7) is 1.99. The highest BCUT2D eigenvalue weighted by molar-refractivity contribution is 5.91. The molecule has 1 aromatic heterocycles. The average Bonchev–Trinajstić information content (AvgIpc) is 2.32. The maximum atomic E-state index is 11.9. The summed E-state index contributed by atoms with van der Waals surface area (Å²) in [5.74, 6) is 0.385. The third-order valence-electron chi connectivity index (χ3n) is 2.66. The van der Waals surface area contributed by atoms with Gasteiger partial charge in [-0.2, -0.15) is 0 Å². The summed E-state index contributed by atoms with van der Waals surface area (Å²) in [5, 5.41) is 2.73. The van der Waals surface area contributed by atoms with Crippen LogP contribution in [-0.4, -0.2) is 10.9 Å². The first kappa shape index (κ1) is 12.1. The first-order valence-electron chi connectivity index (χ1n) is 5.71. The van der Waals surface area contributed by atoms with Crippen LogP contribution in [0.5, 0.6) is 0 Å². The topological polar surface area (TPSA) is 68.0 Å². The molecule has 1 amide bonds. The van der Waals surface area contributed by atoms with Crippen molar-refractivity contribution in [3.8, 4) is 0 Å². The number of nitrogens with one attached hydrogen (secondary N) is 1. The lowest BCUT2D eigenvalue weighted by Gasteiger charge is -2.07. The zero-order chi connectivity index (χ0) is 13.0. The van der Waals surface area contributed by atoms with Crippen molar-refractivity contribution in [3.63, 3.8) is 0 Å². The van der Waals surface area contributed by atoms with E-state index in [4.69, 9.17) is 5.73 Å². The molecule has 4 nitrogen and oxygen atoms in total. The van der Waals surface area contributed by atoms with Crippen LogP contribution < -0.4 is 11.1 Å². The second-order valence-corrected chi connectivity index (χ2v) is 4.13. The predicted octanol–water partition coefficient (Wildman–Crippen LogP) is 2.15. The second-order valence-electron chi connectivity index (χ2n) is 4.13. The van der Waals surface area contributed by atoms with E-state index in [2.05, 4.69) is 10.3 Å². The van der Waals surface area contributed by atoms with Crippen LogP contribution in [0.2, 0.25) is 0 Å². The molecule has 2 aromatic rings. The lowest BCUT2D eigenvalue weighted by atomic mass is 10.1. The highest BCUT2D eigenvalue weighted by Gasteiger charge is 2.06. The largest absolute Gasteiger partial charge is 0.399 e. The number of aryl methyl sites for hydroxylation is 1. The van der Waals surface area contributed by atoms with Gasteiger partial charge >= 0.3 is 0 Å². The minimum atomic E-state index is -0.0950. The molecule has 0 aliphatic carbocycles. The molecule has 0 unspecified atom stereocenters. The van der Waals surface area contributed by atoms with Crippen molar-refractivity contribution in [1.29, 1.82) is 0 Å². The Hall–Kier alpha value is -2.36. The second kappa shape index (κ2) is 5.31. The number of carbonyl (C=O) groups is 1. The first-order valence-corrected chi connectivity index (χ1v) is 5.71. The predicted molar refractivity (Wildman–Crippen MR) is 72.2 cm³/mol. The number of rotatable bonds is 3. The van der Waals surface area contributed by atoms with Crippen LogP contribution in [0.3, 0.4) is 0 Å². The van der Waals surface area contributed by atoms with Gasteiger partial charge in [0.1, 0.15) is 5.82 Å². The molecule has 1 heterocycles. The van der Waals surface area contributed by atoms with E-state index in [1.165, 1.54) is 0 Å². The Morgan fingerprint density at radius 1 is 1.33 bits per heavy atom. The van der Waals surface area contributed by atoms with Gasteiger partial charge in [-0.05, 0) is 24.1 Å². The van der Waals surface area contributed by atoms with Crippen molar-refractivity contribution in [2.75, 3.05) is 11.1 Å². The summed E-state index contributed by atoms with van der Waals surface area (Å²) in [6.07, 6.45) is 1.90. The van der Waals surface area contributed by atoms with Crippen molar-refractivity contribution >= 4 is 17.4 Å². The minimum Gasteiger partial charge on any atom is -0.399 e. The van der Waals surface area contributed by atoms with E-state index >= 15 is 0 Å². The van der Waals surface area contributed by atoms with Crippen LogP contribution in [0.15, 0.2) is 42.6 Å². The van der Waals surface area contributed by atoms with Crippen LogP contribution in [0.25, 0.3) is 0 Å². The molecule has 0 spiro atoms. The van der Waals surface area contributed by atoms with Gasteiger partial charge in [0.05, 0.1) is 6.42 Å². The maximum Gasteiger partial charge on any atom is 0.229 e. The van der Waals surface area contributed by atoms with Gasteiger partial charge in [0, 0.05) is 18.0 Å². The van der Waals surface area contributed by atoms with E-state index in [0.717, 1.165) is 11.1 Å². The summed E-state index contributed by atoms with van der Waals surface area (Å²) in [7, 11) is 0. The normalized spacial score (nSPS) is 10.1. The number of carbonyl (C=O) groups excluding carboxylic acids is 1. The van der Waals surface area contributed by atoms with E-state index in [0.29, 0.717) is 17.9 Å². The van der Waals surface area contributed by atoms with Crippen LogP contribution in [0.1, 0.15) is 11.1 Å². The number of hydrogen-bond donors (Lipinski definition) is 2. The van der Waals surface area contributed by atoms with Crippen LogP contribution in [-0.2, 0) is 11.2 Å². The van der Waals surface area contributed by atoms with Crippen LogP contribution >= 0.6 is 0 Å². The Morgan fingerprint density at radius 2 is 2.11 bits per heavy atom. The summed E-state index contributed by atoms with van der Waals surface area (Å²) in [5.41, 5.74) is 8.32. The van der Waals surface area contributed by atoms with Gasteiger partial charge in [0.2, 0.25) is 5.91 Å². The zero-order valence-electron chi connectivity index (χ0n) is 10.2. The molecule has 3 N–H and O–H groups in total. The van der Waals surface area contributed by atoms with Gasteiger partial charge in [0.15, 0.2) is 0 Å². The third kappa shape index (κ3) is 3.07. The van der Waals surface area contributed by atoms with Gasteiger partial charge < -0.3 is 11.1 Å². The Balaban J connectivity index is 2.03. The molecule has 0 fully saturated rings. The highest BCUT2D eigenvalue weighted by Crippen LogP contribution is 2.11. The van der Waals surface area contributed by atoms with Crippen LogP contribution in [0, 0.1) is 6.92 Å². The quantitative estimate of drug-likeness (QED) is 0.865. The maximum absolute atomic E-state index is 11.9. The van der Waals surface area contributed by atoms with Crippen molar-refractivity contribution in [2.24, 2.45) is 0 Å². The van der Waals surface area contributed by atoms with Gasteiger partial charge in [-0.15, -0.1) is 0 Å². The van der Waals surface area contributed by atoms with Crippen molar-refractivity contribution in [2.45, 2.75) is 13.3 Å². The number of anilines is 2. The van der Waals surface area contributed by atoms with Crippen molar-refractivity contribution in [3.05, 3.63) is 53.7 Å². The molecule has 0 aliphatic rings. The Labute approximate surface area is 106 Å². The fourth-order valence-electron chi connectivity index (χ4n) is 1.68. The first-order chi connectivity index (χ1) is 8.65. The number of aromatic nitrogens is 1. The average molecular weight is 241 g/mol. The van der Waals surface area contributed by atoms with E-state index in [1.54, 1.807) is 18.3 Å². The fraction of sp³-hybridized carbons (Fsp3) is 0.143. The van der Waals surface area contributed by atoms with E-state index in [1.807, 2.05) is 31.2 Å². The summed E-state index contributed by atoms with van der Waals surface area (Å²) < 4.78 is 0. The molecule has 0 saturated carbocycles. The van der Waals surface area contributed by atoms with E-state index in [9.17, 15) is 4.79 Å². The highest BCUT2D eigenvalue weighted by atomic mass is 16.1. The lowest BCUT2D eigenvalue weighted by molar-refractivity contribution is -0.115. The van der Waals surface area contributed by atoms with Crippen molar-refractivity contribution in [1.82, 2.24) is 4.98 Å². The third-order valence-corrected chi connectivity index (χ3v) is 2.66. The Bertz CT molecular complexity index is 566. The Morgan fingerprint density at radius 3 is 2.83 bits per heavy atom. The number of benzene rings is 1. The van der Waals surface area contributed by atoms with Gasteiger partial charge in [-0.25, -0.2) is 4.98 Å². The molecule has 4 heteroatoms. The number of hydrogen-bond acceptors (Lipinski definition) is 3. The smallest absolute Gasteiger partial charge is 0.229 e.